The number of hydrogen-bond donors (Lipinski definition) is 0. The minimum Gasteiger partial charge on any atom is -0.581 e. The molecule has 0 aliphatic rings. The third-order valence-corrected chi connectivity index (χ3v) is 0.812. The fourth-order valence-corrected chi connectivity index (χ4v) is 0.224. The van der Waals surface area contributed by atoms with Crippen molar-refractivity contribution in [3.05, 3.63) is 0 Å². The molecule has 0 saturated carbocycles. The molecule has 0 aliphatic carbocycles. The van der Waals surface area contributed by atoms with Crippen LogP contribution in [0.4, 0.5) is 0 Å². The van der Waals surface area contributed by atoms with Gasteiger partial charge < -0.3 is 12.8 Å². The quantitative estimate of drug-likeness (QED) is 0.336. The second-order valence-electron chi connectivity index (χ2n) is 1.22. The second-order valence-corrected chi connectivity index (χ2v) is 1.22. The van der Waals surface area contributed by atoms with Crippen molar-refractivity contribution in [2.75, 3.05) is 13.1 Å². The Kier molecular flexibility index (Phi) is 10.0. The predicted octanol–water partition coefficient (Wildman–Crippen LogP) is -2.58. The van der Waals surface area contributed by atoms with Gasteiger partial charge in [0, 0.05) is 0 Å². The van der Waals surface area contributed by atoms with Crippen LogP contribution in [0.1, 0.15) is 13.8 Å². The summed E-state index contributed by atoms with van der Waals surface area (Å²) in [5.41, 5.74) is 0. The first-order chi connectivity index (χ1) is 2.81. The summed E-state index contributed by atoms with van der Waals surface area (Å²) in [6.45, 7) is 5.94. The van der Waals surface area contributed by atoms with Crippen LogP contribution in [0.15, 0.2) is 0 Å². The van der Waals surface area contributed by atoms with Gasteiger partial charge in [-0.25, -0.2) is 0 Å². The largest absolute Gasteiger partial charge is 1.00 e. The Morgan fingerprint density at radius 1 is 1.29 bits per heavy atom. The van der Waals surface area contributed by atoms with Crippen LogP contribution < -0.4 is 18.9 Å². The van der Waals surface area contributed by atoms with Gasteiger partial charge in [-0.3, -0.25) is 0 Å². The van der Waals surface area contributed by atoms with Gasteiger partial charge in [-0.2, -0.15) is 0 Å². The Balaban J connectivity index is 0. The Hall–Kier alpha value is 0.622. The molecule has 0 fully saturated rings. The number of rotatable bonds is 2. The van der Waals surface area contributed by atoms with Gasteiger partial charge in [0.15, 0.2) is 0 Å². The van der Waals surface area contributed by atoms with Crippen LogP contribution in [-0.4, -0.2) is 25.9 Å². The fourth-order valence-electron chi connectivity index (χ4n) is 0.224. The first kappa shape index (κ1) is 10.6. The monoisotopic (exact) mass is 90.1 g/mol. The second kappa shape index (κ2) is 6.62. The van der Waals surface area contributed by atoms with Crippen molar-refractivity contribution in [2.24, 2.45) is 0 Å². The number of hydrogen-bond acceptors (Lipinski definition) is 1. The van der Waals surface area contributed by atoms with E-state index in [-0.39, 0.29) is 18.9 Å². The molecular weight excluding hydrogens is 79.8 g/mol. The summed E-state index contributed by atoms with van der Waals surface area (Å²) in [4.78, 5) is 1.75. The molecule has 0 heterocycles. The van der Waals surface area contributed by atoms with E-state index in [0.717, 1.165) is 13.1 Å². The summed E-state index contributed by atoms with van der Waals surface area (Å²) in [6.07, 6.45) is 0. The summed E-state index contributed by atoms with van der Waals surface area (Å²) < 4.78 is 0. The Bertz CT molecular complexity index is 30.9. The molecule has 35 valence electrons. The minimum absolute atomic E-state index is 0. The van der Waals surface area contributed by atoms with E-state index in [1.807, 2.05) is 13.8 Å². The molecule has 3 radical (unpaired) electrons. The van der Waals surface area contributed by atoms with E-state index in [9.17, 15) is 0 Å². The molecule has 0 unspecified atom stereocenters. The van der Waals surface area contributed by atoms with Gasteiger partial charge in [0.25, 0.3) is 0 Å². The molecule has 0 aromatic heterocycles. The molecule has 0 saturated heterocycles. The molecule has 0 bridgehead atoms. The molecule has 1 nitrogen and oxygen atoms in total. The van der Waals surface area contributed by atoms with E-state index in [0.29, 0.717) is 0 Å². The molecule has 0 aromatic rings. The van der Waals surface area contributed by atoms with Crippen LogP contribution in [0, 0.1) is 0 Å². The standard InChI is InChI=1S/C4H10BN.Li/c1-3-6(5)4-2;/h3-4H2,1-2H3;/q-1;+1. The van der Waals surface area contributed by atoms with E-state index in [4.69, 9.17) is 7.98 Å². The molecule has 7 heavy (non-hydrogen) atoms. The van der Waals surface area contributed by atoms with Crippen molar-refractivity contribution < 1.29 is 18.9 Å². The summed E-state index contributed by atoms with van der Waals surface area (Å²) in [5.74, 6) is 0. The first-order valence-corrected chi connectivity index (χ1v) is 2.30. The van der Waals surface area contributed by atoms with Crippen LogP contribution >= 0.6 is 0 Å². The predicted molar refractivity (Wildman–Crippen MR) is 28.7 cm³/mol. The third-order valence-electron chi connectivity index (χ3n) is 0.812. The van der Waals surface area contributed by atoms with E-state index >= 15 is 0 Å². The molecule has 0 aliphatic heterocycles. The zero-order valence-electron chi connectivity index (χ0n) is 5.44. The van der Waals surface area contributed by atoms with Crippen molar-refractivity contribution in [2.45, 2.75) is 13.8 Å². The third kappa shape index (κ3) is 6.62. The van der Waals surface area contributed by atoms with Gasteiger partial charge in [-0.1, -0.05) is 13.8 Å². The average molecular weight is 89.9 g/mol. The van der Waals surface area contributed by atoms with Crippen molar-refractivity contribution >= 4 is 7.98 Å². The van der Waals surface area contributed by atoms with Crippen molar-refractivity contribution in [3.8, 4) is 0 Å². The summed E-state index contributed by atoms with van der Waals surface area (Å²) in [5, 5.41) is 0. The maximum atomic E-state index is 5.31. The van der Waals surface area contributed by atoms with Gasteiger partial charge in [0.2, 0.25) is 0 Å². The van der Waals surface area contributed by atoms with Crippen LogP contribution in [-0.2, 0) is 0 Å². The molecule has 0 atom stereocenters. The van der Waals surface area contributed by atoms with Gasteiger partial charge >= 0.3 is 18.9 Å². The van der Waals surface area contributed by atoms with E-state index < -0.39 is 0 Å². The first-order valence-electron chi connectivity index (χ1n) is 2.30. The molecular formula is C4H10BLiN. The van der Waals surface area contributed by atoms with Crippen LogP contribution in [0.5, 0.6) is 0 Å². The van der Waals surface area contributed by atoms with Crippen LogP contribution in [0.2, 0.25) is 0 Å². The smallest absolute Gasteiger partial charge is 0.581 e. The van der Waals surface area contributed by atoms with Gasteiger partial charge in [-0.15, -0.1) is 0 Å². The molecule has 0 N–H and O–H groups in total. The minimum atomic E-state index is 0. The Labute approximate surface area is 59.1 Å². The summed E-state index contributed by atoms with van der Waals surface area (Å²) in [6, 6.07) is 0. The fraction of sp³-hybridized carbons (Fsp3) is 1.00. The molecule has 0 aromatic carbocycles. The zero-order valence-corrected chi connectivity index (χ0v) is 5.44. The summed E-state index contributed by atoms with van der Waals surface area (Å²) in [7, 11) is 5.31. The maximum Gasteiger partial charge on any atom is 1.00 e. The van der Waals surface area contributed by atoms with E-state index in [1.54, 1.807) is 4.81 Å². The van der Waals surface area contributed by atoms with Crippen molar-refractivity contribution in [1.82, 2.24) is 4.81 Å². The van der Waals surface area contributed by atoms with E-state index in [1.165, 1.54) is 0 Å². The molecule has 3 heteroatoms. The van der Waals surface area contributed by atoms with Gasteiger partial charge in [-0.05, 0) is 13.1 Å². The van der Waals surface area contributed by atoms with Gasteiger partial charge in [0.05, 0.1) is 0 Å². The molecule has 0 spiro atoms. The van der Waals surface area contributed by atoms with Gasteiger partial charge in [0.1, 0.15) is 0 Å². The summed E-state index contributed by atoms with van der Waals surface area (Å²) >= 11 is 0. The number of nitrogens with zero attached hydrogens (tertiary/aromatic N) is 1. The molecule has 0 rings (SSSR count). The normalized spacial score (nSPS) is 8.57. The topological polar surface area (TPSA) is 3.24 Å². The zero-order chi connectivity index (χ0) is 4.99. The van der Waals surface area contributed by atoms with E-state index in [2.05, 4.69) is 0 Å². The van der Waals surface area contributed by atoms with Crippen molar-refractivity contribution in [1.29, 1.82) is 0 Å². The Morgan fingerprint density at radius 3 is 1.57 bits per heavy atom. The van der Waals surface area contributed by atoms with Crippen molar-refractivity contribution in [3.63, 3.8) is 0 Å². The SMILES string of the molecule is [B-]N(CC)CC.[Li+]. The maximum absolute atomic E-state index is 5.31. The van der Waals surface area contributed by atoms with Crippen LogP contribution in [0.3, 0.4) is 0 Å². The van der Waals surface area contributed by atoms with Crippen LogP contribution in [0.25, 0.3) is 0 Å². The Morgan fingerprint density at radius 2 is 1.57 bits per heavy atom. The molecule has 0 amide bonds. The average Bonchev–Trinajstić information content (AvgIpc) is 1.65.